The molecule has 20 heavy (non-hydrogen) atoms. The van der Waals surface area contributed by atoms with Gasteiger partial charge in [0.15, 0.2) is 6.61 Å². The highest BCUT2D eigenvalue weighted by Gasteiger charge is 2.16. The van der Waals surface area contributed by atoms with Gasteiger partial charge in [0.25, 0.3) is 5.91 Å². The second kappa shape index (κ2) is 7.00. The minimum Gasteiger partial charge on any atom is -0.497 e. The maximum atomic E-state index is 11.8. The van der Waals surface area contributed by atoms with Crippen molar-refractivity contribution < 1.29 is 19.0 Å². The van der Waals surface area contributed by atoms with E-state index >= 15 is 0 Å². The largest absolute Gasteiger partial charge is 0.497 e. The van der Waals surface area contributed by atoms with Gasteiger partial charge >= 0.3 is 0 Å². The molecule has 1 amide bonds. The second-order valence-electron chi connectivity index (χ2n) is 4.65. The maximum Gasteiger partial charge on any atom is 0.258 e. The Bertz CT molecular complexity index is 458. The normalized spacial score (nSPS) is 15.7. The van der Waals surface area contributed by atoms with Crippen LogP contribution in [0.5, 0.6) is 11.5 Å². The van der Waals surface area contributed by atoms with Gasteiger partial charge in [-0.15, -0.1) is 0 Å². The van der Waals surface area contributed by atoms with Crippen LogP contribution in [0, 0.1) is 0 Å². The molecule has 0 radical (unpaired) electrons. The molecule has 6 heteroatoms. The lowest BCUT2D eigenvalue weighted by Crippen LogP contribution is -2.41. The van der Waals surface area contributed by atoms with Gasteiger partial charge in [0.2, 0.25) is 0 Å². The quantitative estimate of drug-likeness (QED) is 0.785. The Hall–Kier alpha value is -1.95. The molecule has 3 N–H and O–H groups in total. The van der Waals surface area contributed by atoms with Crippen LogP contribution in [0.4, 0.5) is 5.69 Å². The molecule has 1 aliphatic rings. The zero-order chi connectivity index (χ0) is 14.4. The SMILES string of the molecule is COc1ccc(OCC(=O)NC2CCOCC2)c(N)c1. The first kappa shape index (κ1) is 14.5. The summed E-state index contributed by atoms with van der Waals surface area (Å²) in [6.45, 7) is 1.34. The van der Waals surface area contributed by atoms with E-state index in [9.17, 15) is 4.79 Å². The van der Waals surface area contributed by atoms with E-state index < -0.39 is 0 Å². The van der Waals surface area contributed by atoms with Crippen LogP contribution in [0.2, 0.25) is 0 Å². The van der Waals surface area contributed by atoms with Gasteiger partial charge in [0, 0.05) is 25.3 Å². The van der Waals surface area contributed by atoms with E-state index in [1.54, 1.807) is 25.3 Å². The number of nitrogen functional groups attached to an aromatic ring is 1. The zero-order valence-corrected chi connectivity index (χ0v) is 11.6. The van der Waals surface area contributed by atoms with Crippen LogP contribution in [0.3, 0.4) is 0 Å². The summed E-state index contributed by atoms with van der Waals surface area (Å²) >= 11 is 0. The van der Waals surface area contributed by atoms with Crippen molar-refractivity contribution in [3.8, 4) is 11.5 Å². The predicted molar refractivity (Wildman–Crippen MR) is 74.9 cm³/mol. The Kier molecular flexibility index (Phi) is 5.06. The van der Waals surface area contributed by atoms with Crippen molar-refractivity contribution in [2.45, 2.75) is 18.9 Å². The minimum atomic E-state index is -0.146. The fourth-order valence-electron chi connectivity index (χ4n) is 2.04. The number of hydrogen-bond donors (Lipinski definition) is 2. The number of carbonyl (C=O) groups is 1. The highest BCUT2D eigenvalue weighted by molar-refractivity contribution is 5.78. The summed E-state index contributed by atoms with van der Waals surface area (Å²) < 4.78 is 15.7. The van der Waals surface area contributed by atoms with Gasteiger partial charge in [0.05, 0.1) is 12.8 Å². The molecule has 1 saturated heterocycles. The van der Waals surface area contributed by atoms with E-state index in [2.05, 4.69) is 5.32 Å². The van der Waals surface area contributed by atoms with Gasteiger partial charge in [-0.3, -0.25) is 4.79 Å². The van der Waals surface area contributed by atoms with E-state index in [1.807, 2.05) is 0 Å². The summed E-state index contributed by atoms with van der Waals surface area (Å²) in [5.74, 6) is 0.988. The van der Waals surface area contributed by atoms with Gasteiger partial charge in [-0.25, -0.2) is 0 Å². The lowest BCUT2D eigenvalue weighted by Gasteiger charge is -2.23. The van der Waals surface area contributed by atoms with Gasteiger partial charge in [-0.1, -0.05) is 0 Å². The molecule has 0 saturated carbocycles. The van der Waals surface area contributed by atoms with Crippen LogP contribution < -0.4 is 20.5 Å². The van der Waals surface area contributed by atoms with Crippen molar-refractivity contribution in [3.05, 3.63) is 18.2 Å². The molecular formula is C14H20N2O4. The summed E-state index contributed by atoms with van der Waals surface area (Å²) in [6.07, 6.45) is 1.69. The van der Waals surface area contributed by atoms with Crippen LogP contribution in [0.15, 0.2) is 18.2 Å². The van der Waals surface area contributed by atoms with Gasteiger partial charge in [-0.2, -0.15) is 0 Å². The van der Waals surface area contributed by atoms with Crippen LogP contribution in [-0.2, 0) is 9.53 Å². The summed E-state index contributed by atoms with van der Waals surface area (Å²) in [5.41, 5.74) is 6.26. The van der Waals surface area contributed by atoms with Gasteiger partial charge in [-0.05, 0) is 25.0 Å². The smallest absolute Gasteiger partial charge is 0.258 e. The van der Waals surface area contributed by atoms with Crippen LogP contribution >= 0.6 is 0 Å². The lowest BCUT2D eigenvalue weighted by molar-refractivity contribution is -0.124. The lowest BCUT2D eigenvalue weighted by atomic mass is 10.1. The van der Waals surface area contributed by atoms with Crippen molar-refractivity contribution >= 4 is 11.6 Å². The fraction of sp³-hybridized carbons (Fsp3) is 0.500. The number of carbonyl (C=O) groups excluding carboxylic acids is 1. The molecule has 0 atom stereocenters. The highest BCUT2D eigenvalue weighted by atomic mass is 16.5. The number of nitrogens with one attached hydrogen (secondary N) is 1. The molecule has 1 aromatic carbocycles. The molecule has 1 heterocycles. The molecule has 0 spiro atoms. The number of anilines is 1. The third-order valence-electron chi connectivity index (χ3n) is 3.16. The Morgan fingerprint density at radius 1 is 1.45 bits per heavy atom. The minimum absolute atomic E-state index is 0.0477. The Morgan fingerprint density at radius 3 is 2.85 bits per heavy atom. The first-order chi connectivity index (χ1) is 9.69. The van der Waals surface area contributed by atoms with Crippen molar-refractivity contribution in [3.63, 3.8) is 0 Å². The first-order valence-corrected chi connectivity index (χ1v) is 6.62. The van der Waals surface area contributed by atoms with Crippen molar-refractivity contribution in [2.75, 3.05) is 32.7 Å². The molecule has 2 rings (SSSR count). The van der Waals surface area contributed by atoms with E-state index in [1.165, 1.54) is 0 Å². The number of amides is 1. The molecule has 0 aromatic heterocycles. The van der Waals surface area contributed by atoms with Crippen molar-refractivity contribution in [1.82, 2.24) is 5.32 Å². The average Bonchev–Trinajstić information content (AvgIpc) is 2.47. The van der Waals surface area contributed by atoms with E-state index in [-0.39, 0.29) is 18.6 Å². The Morgan fingerprint density at radius 2 is 2.20 bits per heavy atom. The van der Waals surface area contributed by atoms with E-state index in [4.69, 9.17) is 19.9 Å². The van der Waals surface area contributed by atoms with E-state index in [0.717, 1.165) is 12.8 Å². The molecule has 6 nitrogen and oxygen atoms in total. The van der Waals surface area contributed by atoms with Crippen molar-refractivity contribution in [1.29, 1.82) is 0 Å². The molecule has 1 fully saturated rings. The molecule has 0 bridgehead atoms. The number of methoxy groups -OCH3 is 1. The van der Waals surface area contributed by atoms with Gasteiger partial charge < -0.3 is 25.3 Å². The van der Waals surface area contributed by atoms with Crippen LogP contribution in [-0.4, -0.2) is 38.9 Å². The number of hydrogen-bond acceptors (Lipinski definition) is 5. The number of ether oxygens (including phenoxy) is 3. The number of rotatable bonds is 5. The standard InChI is InChI=1S/C14H20N2O4/c1-18-11-2-3-13(12(15)8-11)20-9-14(17)16-10-4-6-19-7-5-10/h2-3,8,10H,4-7,9,15H2,1H3,(H,16,17). The summed E-state index contributed by atoms with van der Waals surface area (Å²) in [7, 11) is 1.57. The Labute approximate surface area is 118 Å². The number of benzene rings is 1. The summed E-state index contributed by atoms with van der Waals surface area (Å²) in [4.78, 5) is 11.8. The third-order valence-corrected chi connectivity index (χ3v) is 3.16. The molecule has 0 unspecified atom stereocenters. The Balaban J connectivity index is 1.80. The molecule has 1 aliphatic heterocycles. The van der Waals surface area contributed by atoms with Crippen LogP contribution in [0.1, 0.15) is 12.8 Å². The van der Waals surface area contributed by atoms with Crippen LogP contribution in [0.25, 0.3) is 0 Å². The highest BCUT2D eigenvalue weighted by Crippen LogP contribution is 2.26. The molecule has 1 aromatic rings. The second-order valence-corrected chi connectivity index (χ2v) is 4.65. The van der Waals surface area contributed by atoms with Crippen molar-refractivity contribution in [2.24, 2.45) is 0 Å². The molecule has 0 aliphatic carbocycles. The summed E-state index contributed by atoms with van der Waals surface area (Å²) in [5, 5.41) is 2.92. The third kappa shape index (κ3) is 4.03. The predicted octanol–water partition coefficient (Wildman–Crippen LogP) is 0.951. The first-order valence-electron chi connectivity index (χ1n) is 6.62. The van der Waals surface area contributed by atoms with E-state index in [0.29, 0.717) is 30.4 Å². The number of nitrogens with two attached hydrogens (primary N) is 1. The zero-order valence-electron chi connectivity index (χ0n) is 11.6. The van der Waals surface area contributed by atoms with Gasteiger partial charge in [0.1, 0.15) is 11.5 Å². The topological polar surface area (TPSA) is 82.8 Å². The fourth-order valence-corrected chi connectivity index (χ4v) is 2.04. The summed E-state index contributed by atoms with van der Waals surface area (Å²) in [6, 6.07) is 5.26. The monoisotopic (exact) mass is 280 g/mol. The molecular weight excluding hydrogens is 260 g/mol. The molecule has 110 valence electrons. The average molecular weight is 280 g/mol. The maximum absolute atomic E-state index is 11.8.